The van der Waals surface area contributed by atoms with Crippen molar-refractivity contribution in [2.24, 2.45) is 0 Å². The lowest BCUT2D eigenvalue weighted by molar-refractivity contribution is 0.0598. The number of carboxylic acid groups (broad SMARTS) is 1. The summed E-state index contributed by atoms with van der Waals surface area (Å²) in [5.41, 5.74) is 2.24. The number of ether oxygens (including phenoxy) is 1. The molecule has 1 aliphatic rings. The van der Waals surface area contributed by atoms with Crippen molar-refractivity contribution in [2.45, 2.75) is 6.42 Å². The molecule has 1 N–H and O–H groups in total. The van der Waals surface area contributed by atoms with Crippen LogP contribution in [0.3, 0.4) is 0 Å². The van der Waals surface area contributed by atoms with Crippen LogP contribution in [0.25, 0.3) is 5.57 Å². The van der Waals surface area contributed by atoms with Crippen LogP contribution in [0.2, 0.25) is 0 Å². The van der Waals surface area contributed by atoms with E-state index in [9.17, 15) is 14.4 Å². The van der Waals surface area contributed by atoms with Gasteiger partial charge in [-0.3, -0.25) is 4.79 Å². The fraction of sp³-hybridized carbons (Fsp3) is 0.267. The van der Waals surface area contributed by atoms with Crippen molar-refractivity contribution in [2.75, 3.05) is 20.2 Å². The van der Waals surface area contributed by atoms with Gasteiger partial charge in [-0.25, -0.2) is 9.59 Å². The summed E-state index contributed by atoms with van der Waals surface area (Å²) < 4.78 is 4.67. The molecule has 0 bridgehead atoms. The van der Waals surface area contributed by atoms with E-state index in [4.69, 9.17) is 5.11 Å². The Hall–Kier alpha value is -2.63. The molecule has 0 atom stereocenters. The second-order valence-corrected chi connectivity index (χ2v) is 4.62. The van der Waals surface area contributed by atoms with E-state index >= 15 is 0 Å². The van der Waals surface area contributed by atoms with Gasteiger partial charge in [-0.1, -0.05) is 18.2 Å². The number of benzene rings is 1. The van der Waals surface area contributed by atoms with Crippen molar-refractivity contribution in [1.82, 2.24) is 4.90 Å². The van der Waals surface area contributed by atoms with Crippen molar-refractivity contribution < 1.29 is 24.2 Å². The minimum Gasteiger partial charge on any atom is -0.465 e. The second-order valence-electron chi connectivity index (χ2n) is 4.62. The third kappa shape index (κ3) is 3.10. The number of rotatable bonds is 3. The zero-order valence-corrected chi connectivity index (χ0v) is 11.5. The number of nitrogens with zero attached hydrogens (tertiary/aromatic N) is 1. The van der Waals surface area contributed by atoms with Crippen molar-refractivity contribution in [3.8, 4) is 0 Å². The topological polar surface area (TPSA) is 83.9 Å². The van der Waals surface area contributed by atoms with Gasteiger partial charge in [0, 0.05) is 18.7 Å². The van der Waals surface area contributed by atoms with Crippen molar-refractivity contribution in [3.05, 3.63) is 41.0 Å². The Kier molecular flexibility index (Phi) is 4.37. The van der Waals surface area contributed by atoms with Gasteiger partial charge >= 0.3 is 12.1 Å². The molecule has 0 spiro atoms. The first kappa shape index (κ1) is 14.8. The fourth-order valence-electron chi connectivity index (χ4n) is 2.25. The molecule has 1 heterocycles. The molecule has 1 aromatic carbocycles. The van der Waals surface area contributed by atoms with E-state index in [2.05, 4.69) is 4.74 Å². The molecular weight excluding hydrogens is 274 g/mol. The summed E-state index contributed by atoms with van der Waals surface area (Å²) in [4.78, 5) is 34.8. The van der Waals surface area contributed by atoms with E-state index in [1.165, 1.54) is 12.0 Å². The van der Waals surface area contributed by atoms with Crippen LogP contribution in [0.1, 0.15) is 32.7 Å². The van der Waals surface area contributed by atoms with E-state index in [1.807, 2.05) is 6.08 Å². The predicted octanol–water partition coefficient (Wildman–Crippen LogP) is 2.05. The molecule has 0 unspecified atom stereocenters. The maximum Gasteiger partial charge on any atom is 0.407 e. The minimum absolute atomic E-state index is 0.214. The van der Waals surface area contributed by atoms with Crippen molar-refractivity contribution in [1.29, 1.82) is 0 Å². The smallest absolute Gasteiger partial charge is 0.407 e. The zero-order valence-electron chi connectivity index (χ0n) is 11.5. The van der Waals surface area contributed by atoms with Gasteiger partial charge in [-0.05, 0) is 23.6 Å². The summed E-state index contributed by atoms with van der Waals surface area (Å²) in [6, 6.07) is 4.93. The Bertz CT molecular complexity index is 620. The maximum absolute atomic E-state index is 11.7. The third-order valence-corrected chi connectivity index (χ3v) is 3.44. The van der Waals surface area contributed by atoms with E-state index in [0.717, 1.165) is 11.1 Å². The van der Waals surface area contributed by atoms with Crippen molar-refractivity contribution >= 4 is 23.9 Å². The van der Waals surface area contributed by atoms with E-state index in [1.54, 1.807) is 18.2 Å². The third-order valence-electron chi connectivity index (χ3n) is 3.44. The fourth-order valence-corrected chi connectivity index (χ4v) is 2.25. The highest BCUT2D eigenvalue weighted by Gasteiger charge is 2.18. The van der Waals surface area contributed by atoms with Crippen LogP contribution in [0, 0.1) is 0 Å². The molecule has 0 radical (unpaired) electrons. The van der Waals surface area contributed by atoms with Crippen LogP contribution in [0.5, 0.6) is 0 Å². The first-order chi connectivity index (χ1) is 10.1. The molecule has 1 amide bonds. The van der Waals surface area contributed by atoms with Gasteiger partial charge in [-0.15, -0.1) is 0 Å². The Morgan fingerprint density at radius 2 is 2.14 bits per heavy atom. The molecule has 6 heteroatoms. The SMILES string of the molecule is COC(=O)c1cc(C2=CCN(C(=O)O)CC2)ccc1C=O. The Labute approximate surface area is 121 Å². The molecule has 110 valence electrons. The van der Waals surface area contributed by atoms with Gasteiger partial charge in [0.1, 0.15) is 0 Å². The number of carbonyl (C=O) groups is 3. The number of esters is 1. The normalized spacial score (nSPS) is 14.3. The molecule has 2 rings (SSSR count). The highest BCUT2D eigenvalue weighted by atomic mass is 16.5. The average Bonchev–Trinajstić information content (AvgIpc) is 2.53. The monoisotopic (exact) mass is 289 g/mol. The number of methoxy groups -OCH3 is 1. The average molecular weight is 289 g/mol. The number of hydrogen-bond acceptors (Lipinski definition) is 4. The molecule has 6 nitrogen and oxygen atoms in total. The highest BCUT2D eigenvalue weighted by Crippen LogP contribution is 2.24. The number of aldehydes is 1. The van der Waals surface area contributed by atoms with Gasteiger partial charge in [0.2, 0.25) is 0 Å². The van der Waals surface area contributed by atoms with E-state index < -0.39 is 12.1 Å². The van der Waals surface area contributed by atoms with Gasteiger partial charge in [0.05, 0.1) is 12.7 Å². The van der Waals surface area contributed by atoms with Gasteiger partial charge < -0.3 is 14.7 Å². The molecule has 1 aromatic rings. The first-order valence-electron chi connectivity index (χ1n) is 6.41. The summed E-state index contributed by atoms with van der Waals surface area (Å²) in [5.74, 6) is -0.567. The van der Waals surface area contributed by atoms with Gasteiger partial charge in [-0.2, -0.15) is 0 Å². The Morgan fingerprint density at radius 3 is 2.67 bits per heavy atom. The lowest BCUT2D eigenvalue weighted by Crippen LogP contribution is -2.33. The van der Waals surface area contributed by atoms with Crippen LogP contribution >= 0.6 is 0 Å². The molecule has 0 aromatic heterocycles. The van der Waals surface area contributed by atoms with Gasteiger partial charge in [0.15, 0.2) is 6.29 Å². The molecule has 1 aliphatic heterocycles. The van der Waals surface area contributed by atoms with E-state index in [-0.39, 0.29) is 11.1 Å². The maximum atomic E-state index is 11.7. The van der Waals surface area contributed by atoms with Crippen LogP contribution in [-0.2, 0) is 4.74 Å². The first-order valence-corrected chi connectivity index (χ1v) is 6.41. The molecule has 0 aliphatic carbocycles. The lowest BCUT2D eigenvalue weighted by atomic mass is 9.95. The molecular formula is C15H15NO5. The van der Waals surface area contributed by atoms with E-state index in [0.29, 0.717) is 25.8 Å². The molecule has 21 heavy (non-hydrogen) atoms. The largest absolute Gasteiger partial charge is 0.465 e. The quantitative estimate of drug-likeness (QED) is 0.680. The lowest BCUT2D eigenvalue weighted by Gasteiger charge is -2.24. The molecule has 0 fully saturated rings. The van der Waals surface area contributed by atoms with Crippen LogP contribution in [0.4, 0.5) is 4.79 Å². The van der Waals surface area contributed by atoms with Gasteiger partial charge in [0.25, 0.3) is 0 Å². The number of hydrogen-bond donors (Lipinski definition) is 1. The summed E-state index contributed by atoms with van der Waals surface area (Å²) >= 11 is 0. The number of amides is 1. The summed E-state index contributed by atoms with van der Waals surface area (Å²) in [7, 11) is 1.26. The molecule has 0 saturated carbocycles. The standard InChI is InChI=1S/C15H15NO5/c1-21-14(18)13-8-11(2-3-12(13)9-17)10-4-6-16(7-5-10)15(19)20/h2-4,8-9H,5-7H2,1H3,(H,19,20). The Morgan fingerprint density at radius 1 is 1.38 bits per heavy atom. The summed E-state index contributed by atoms with van der Waals surface area (Å²) in [6.07, 6.45) is 2.04. The summed E-state index contributed by atoms with van der Waals surface area (Å²) in [6.45, 7) is 0.720. The Balaban J connectivity index is 2.31. The zero-order chi connectivity index (χ0) is 15.4. The number of carbonyl (C=O) groups excluding carboxylic acids is 2. The summed E-state index contributed by atoms with van der Waals surface area (Å²) in [5, 5.41) is 8.91. The van der Waals surface area contributed by atoms with Crippen LogP contribution < -0.4 is 0 Å². The predicted molar refractivity (Wildman–Crippen MR) is 75.4 cm³/mol. The highest BCUT2D eigenvalue weighted by molar-refractivity contribution is 5.99. The minimum atomic E-state index is -0.947. The molecule has 0 saturated heterocycles. The van der Waals surface area contributed by atoms with Crippen LogP contribution in [-0.4, -0.2) is 48.6 Å². The van der Waals surface area contributed by atoms with Crippen LogP contribution in [0.15, 0.2) is 24.3 Å². The van der Waals surface area contributed by atoms with Crippen molar-refractivity contribution in [3.63, 3.8) is 0 Å². The second kappa shape index (κ2) is 6.21.